The molecule has 1 N–H and O–H groups in total. The van der Waals surface area contributed by atoms with Crippen LogP contribution in [0.4, 0.5) is 0 Å². The van der Waals surface area contributed by atoms with Crippen LogP contribution in [0, 0.1) is 13.8 Å². The third kappa shape index (κ3) is 1.82. The summed E-state index contributed by atoms with van der Waals surface area (Å²) < 4.78 is 12.4. The van der Waals surface area contributed by atoms with E-state index in [1.165, 1.54) is 22.0 Å². The van der Waals surface area contributed by atoms with Crippen LogP contribution in [0.15, 0.2) is 18.3 Å². The van der Waals surface area contributed by atoms with Gasteiger partial charge in [-0.2, -0.15) is 0 Å². The van der Waals surface area contributed by atoms with Crippen molar-refractivity contribution in [2.24, 2.45) is 0 Å². The van der Waals surface area contributed by atoms with Gasteiger partial charge in [0.1, 0.15) is 0 Å². The number of aryl methyl sites for hydroxylation is 2. The smallest absolute Gasteiger partial charge is 0.399 e. The van der Waals surface area contributed by atoms with Crippen molar-refractivity contribution in [2.45, 2.75) is 52.7 Å². The molecule has 0 amide bonds. The molecule has 0 spiro atoms. The van der Waals surface area contributed by atoms with E-state index in [4.69, 9.17) is 9.31 Å². The lowest BCUT2D eigenvalue weighted by atomic mass is 9.73. The highest BCUT2D eigenvalue weighted by atomic mass is 16.7. The van der Waals surface area contributed by atoms with Gasteiger partial charge in [0.2, 0.25) is 0 Å². The average Bonchev–Trinajstić information content (AvgIpc) is 2.83. The maximum Gasteiger partial charge on any atom is 0.495 e. The Labute approximate surface area is 120 Å². The van der Waals surface area contributed by atoms with Gasteiger partial charge < -0.3 is 14.3 Å². The molecule has 0 bridgehead atoms. The quantitative estimate of drug-likeness (QED) is 0.809. The van der Waals surface area contributed by atoms with E-state index >= 15 is 0 Å². The Bertz CT molecular complexity index is 656. The molecule has 1 aliphatic rings. The molecule has 2 heterocycles. The zero-order valence-electron chi connectivity index (χ0n) is 13.1. The summed E-state index contributed by atoms with van der Waals surface area (Å²) in [6.07, 6.45) is 1.98. The predicted octanol–water partition coefficient (Wildman–Crippen LogP) is 3.08. The van der Waals surface area contributed by atoms with E-state index in [0.717, 1.165) is 5.46 Å². The Morgan fingerprint density at radius 3 is 2.20 bits per heavy atom. The second-order valence-corrected chi connectivity index (χ2v) is 6.78. The molecule has 0 radical (unpaired) electrons. The van der Waals surface area contributed by atoms with Gasteiger partial charge in [-0.05, 0) is 64.0 Å². The third-order valence-corrected chi connectivity index (χ3v) is 4.78. The Kier molecular flexibility index (Phi) is 2.83. The van der Waals surface area contributed by atoms with Crippen molar-refractivity contribution in [2.75, 3.05) is 0 Å². The van der Waals surface area contributed by atoms with Crippen LogP contribution in [0.25, 0.3) is 10.9 Å². The predicted molar refractivity (Wildman–Crippen MR) is 83.5 cm³/mol. The van der Waals surface area contributed by atoms with Crippen LogP contribution in [0.2, 0.25) is 0 Å². The minimum Gasteiger partial charge on any atom is -0.399 e. The average molecular weight is 271 g/mol. The van der Waals surface area contributed by atoms with Crippen molar-refractivity contribution in [3.05, 3.63) is 29.5 Å². The van der Waals surface area contributed by atoms with E-state index in [9.17, 15) is 0 Å². The van der Waals surface area contributed by atoms with E-state index < -0.39 is 0 Å². The molecular formula is C16H22BNO2. The Morgan fingerprint density at radius 1 is 1.00 bits per heavy atom. The van der Waals surface area contributed by atoms with Gasteiger partial charge in [0.25, 0.3) is 0 Å². The fourth-order valence-electron chi connectivity index (χ4n) is 2.88. The van der Waals surface area contributed by atoms with Crippen LogP contribution in [0.5, 0.6) is 0 Å². The maximum absolute atomic E-state index is 6.21. The highest BCUT2D eigenvalue weighted by Gasteiger charge is 2.52. The molecule has 2 aromatic rings. The summed E-state index contributed by atoms with van der Waals surface area (Å²) in [5.74, 6) is 0. The minimum absolute atomic E-state index is 0.307. The molecule has 3 rings (SSSR count). The van der Waals surface area contributed by atoms with Crippen LogP contribution in [0.3, 0.4) is 0 Å². The monoisotopic (exact) mass is 271 g/mol. The molecule has 3 nitrogen and oxygen atoms in total. The third-order valence-electron chi connectivity index (χ3n) is 4.78. The van der Waals surface area contributed by atoms with E-state index in [0.29, 0.717) is 0 Å². The standard InChI is InChI=1S/C16H22BNO2/c1-10-9-11(2)14-12(7-8-18-14)13(10)17-19-15(3,4)16(5,6)20-17/h7-9,18H,1-6H3. The van der Waals surface area contributed by atoms with Crippen LogP contribution in [-0.2, 0) is 9.31 Å². The summed E-state index contributed by atoms with van der Waals surface area (Å²) in [7, 11) is -0.307. The molecule has 0 unspecified atom stereocenters. The molecule has 0 atom stereocenters. The van der Waals surface area contributed by atoms with E-state index in [1.807, 2.05) is 6.20 Å². The minimum atomic E-state index is -0.308. The number of hydrogen-bond acceptors (Lipinski definition) is 2. The van der Waals surface area contributed by atoms with Gasteiger partial charge in [0.15, 0.2) is 0 Å². The molecule has 0 aliphatic carbocycles. The Hall–Kier alpha value is -1.26. The van der Waals surface area contributed by atoms with Gasteiger partial charge in [-0.25, -0.2) is 0 Å². The molecule has 1 saturated heterocycles. The fraction of sp³-hybridized carbons (Fsp3) is 0.500. The molecule has 1 fully saturated rings. The summed E-state index contributed by atoms with van der Waals surface area (Å²) in [6, 6.07) is 4.30. The van der Waals surface area contributed by atoms with Crippen LogP contribution >= 0.6 is 0 Å². The maximum atomic E-state index is 6.21. The van der Waals surface area contributed by atoms with Gasteiger partial charge in [0.05, 0.1) is 11.2 Å². The van der Waals surface area contributed by atoms with Crippen molar-refractivity contribution in [1.82, 2.24) is 4.98 Å². The van der Waals surface area contributed by atoms with Crippen molar-refractivity contribution in [3.63, 3.8) is 0 Å². The van der Waals surface area contributed by atoms with Gasteiger partial charge in [-0.15, -0.1) is 0 Å². The van der Waals surface area contributed by atoms with Gasteiger partial charge in [-0.3, -0.25) is 0 Å². The summed E-state index contributed by atoms with van der Waals surface area (Å²) >= 11 is 0. The van der Waals surface area contributed by atoms with Crippen molar-refractivity contribution in [3.8, 4) is 0 Å². The lowest BCUT2D eigenvalue weighted by molar-refractivity contribution is 0.00578. The highest BCUT2D eigenvalue weighted by Crippen LogP contribution is 2.37. The number of hydrogen-bond donors (Lipinski definition) is 1. The van der Waals surface area contributed by atoms with E-state index in [2.05, 4.69) is 58.7 Å². The molecule has 20 heavy (non-hydrogen) atoms. The summed E-state index contributed by atoms with van der Waals surface area (Å²) in [6.45, 7) is 12.6. The van der Waals surface area contributed by atoms with Crippen molar-refractivity contribution in [1.29, 1.82) is 0 Å². The topological polar surface area (TPSA) is 34.2 Å². The summed E-state index contributed by atoms with van der Waals surface area (Å²) in [5.41, 5.74) is 4.16. The van der Waals surface area contributed by atoms with Crippen LogP contribution < -0.4 is 5.46 Å². The summed E-state index contributed by atoms with van der Waals surface area (Å²) in [5, 5.41) is 1.20. The Balaban J connectivity index is 2.15. The number of rotatable bonds is 1. The van der Waals surface area contributed by atoms with Crippen molar-refractivity contribution >= 4 is 23.5 Å². The second-order valence-electron chi connectivity index (χ2n) is 6.78. The molecule has 4 heteroatoms. The van der Waals surface area contributed by atoms with E-state index in [1.54, 1.807) is 0 Å². The molecule has 0 saturated carbocycles. The number of aromatic amines is 1. The first-order valence-corrected chi connectivity index (χ1v) is 7.16. The van der Waals surface area contributed by atoms with Crippen molar-refractivity contribution < 1.29 is 9.31 Å². The van der Waals surface area contributed by atoms with Gasteiger partial charge in [0, 0.05) is 11.7 Å². The number of fused-ring (bicyclic) bond motifs is 1. The normalized spacial score (nSPS) is 20.8. The molecule has 1 aromatic carbocycles. The van der Waals surface area contributed by atoms with Crippen LogP contribution in [0.1, 0.15) is 38.8 Å². The largest absolute Gasteiger partial charge is 0.495 e. The molecule has 1 aromatic heterocycles. The number of H-pyrrole nitrogens is 1. The first-order chi connectivity index (χ1) is 9.23. The van der Waals surface area contributed by atoms with E-state index in [-0.39, 0.29) is 18.3 Å². The SMILES string of the molecule is Cc1cc(C)c2[nH]ccc2c1B1OC(C)(C)C(C)(C)O1. The fourth-order valence-corrected chi connectivity index (χ4v) is 2.88. The van der Waals surface area contributed by atoms with Gasteiger partial charge in [-0.1, -0.05) is 11.6 Å². The molecule has 1 aliphatic heterocycles. The Morgan fingerprint density at radius 2 is 1.60 bits per heavy atom. The highest BCUT2D eigenvalue weighted by molar-refractivity contribution is 6.65. The first-order valence-electron chi connectivity index (χ1n) is 7.16. The summed E-state index contributed by atoms with van der Waals surface area (Å²) in [4.78, 5) is 3.31. The zero-order valence-corrected chi connectivity index (χ0v) is 13.1. The lowest BCUT2D eigenvalue weighted by Crippen LogP contribution is -2.41. The lowest BCUT2D eigenvalue weighted by Gasteiger charge is -2.32. The second kappa shape index (κ2) is 4.12. The number of benzene rings is 1. The van der Waals surface area contributed by atoms with Crippen LogP contribution in [-0.4, -0.2) is 23.3 Å². The number of nitrogens with one attached hydrogen (secondary N) is 1. The molecular weight excluding hydrogens is 249 g/mol. The number of aromatic nitrogens is 1. The van der Waals surface area contributed by atoms with Gasteiger partial charge >= 0.3 is 7.12 Å². The zero-order chi connectivity index (χ0) is 14.7. The molecule has 106 valence electrons. The first kappa shape index (κ1) is 13.7.